The van der Waals surface area contributed by atoms with Gasteiger partial charge in [0.25, 0.3) is 0 Å². The zero-order valence-corrected chi connectivity index (χ0v) is 12.3. The fourth-order valence-corrected chi connectivity index (χ4v) is 3.56. The highest BCUT2D eigenvalue weighted by atomic mass is 19.4. The van der Waals surface area contributed by atoms with Gasteiger partial charge in [-0.1, -0.05) is 5.10 Å². The first-order chi connectivity index (χ1) is 10.8. The smallest absolute Gasteiger partial charge is 0.410 e. The highest BCUT2D eigenvalue weighted by Gasteiger charge is 2.70. The van der Waals surface area contributed by atoms with Crippen molar-refractivity contribution in [1.82, 2.24) is 15.5 Å². The Morgan fingerprint density at radius 2 is 1.78 bits per heavy atom. The summed E-state index contributed by atoms with van der Waals surface area (Å²) in [5.74, 6) is 0.758. The van der Waals surface area contributed by atoms with Gasteiger partial charge < -0.3 is 14.5 Å². The Hall–Kier alpha value is -2.09. The molecular formula is C15H14F3N3O2. The molecule has 0 aliphatic heterocycles. The molecule has 2 bridgehead atoms. The second kappa shape index (κ2) is 4.47. The van der Waals surface area contributed by atoms with Gasteiger partial charge in [-0.15, -0.1) is 5.10 Å². The monoisotopic (exact) mass is 325 g/mol. The summed E-state index contributed by atoms with van der Waals surface area (Å²) in [4.78, 5) is 0. The fraction of sp³-hybridized carbons (Fsp3) is 0.467. The van der Waals surface area contributed by atoms with Gasteiger partial charge in [0.1, 0.15) is 5.75 Å². The Morgan fingerprint density at radius 3 is 2.35 bits per heavy atom. The van der Waals surface area contributed by atoms with Gasteiger partial charge in [-0.3, -0.25) is 0 Å². The molecule has 3 saturated carbocycles. The molecule has 1 N–H and O–H groups in total. The van der Waals surface area contributed by atoms with Crippen molar-refractivity contribution in [3.8, 4) is 11.8 Å². The minimum atomic E-state index is -4.37. The van der Waals surface area contributed by atoms with Crippen LogP contribution < -0.4 is 10.1 Å². The van der Waals surface area contributed by atoms with E-state index < -0.39 is 11.7 Å². The van der Waals surface area contributed by atoms with Gasteiger partial charge in [0.05, 0.1) is 11.0 Å². The van der Waals surface area contributed by atoms with Crippen LogP contribution in [0, 0.1) is 0 Å². The lowest BCUT2D eigenvalue weighted by atomic mass is 9.39. The quantitative estimate of drug-likeness (QED) is 0.935. The summed E-state index contributed by atoms with van der Waals surface area (Å²) in [6.07, 6.45) is -1.55. The molecule has 0 radical (unpaired) electrons. The first-order valence-corrected chi connectivity index (χ1v) is 7.22. The number of nitrogens with one attached hydrogen (secondary N) is 1. The molecule has 0 unspecified atom stereocenters. The van der Waals surface area contributed by atoms with Crippen LogP contribution in [0.5, 0.6) is 11.8 Å². The fourth-order valence-electron chi connectivity index (χ4n) is 3.56. The van der Waals surface area contributed by atoms with E-state index in [1.165, 1.54) is 12.1 Å². The van der Waals surface area contributed by atoms with Gasteiger partial charge in [0.15, 0.2) is 0 Å². The van der Waals surface area contributed by atoms with Crippen molar-refractivity contribution in [2.45, 2.75) is 36.4 Å². The molecule has 0 spiro atoms. The van der Waals surface area contributed by atoms with Crippen molar-refractivity contribution in [1.29, 1.82) is 0 Å². The topological polar surface area (TPSA) is 60.2 Å². The SMILES string of the molecule is CNC12CC(c3nnc(Oc4ccc(C(F)(F)F)cc4)o3)(C1)C2. The molecule has 1 heterocycles. The Labute approximate surface area is 129 Å². The van der Waals surface area contributed by atoms with Crippen LogP contribution in [0.2, 0.25) is 0 Å². The number of ether oxygens (including phenoxy) is 1. The molecule has 5 nitrogen and oxygen atoms in total. The average Bonchev–Trinajstić information content (AvgIpc) is 2.84. The molecule has 122 valence electrons. The van der Waals surface area contributed by atoms with E-state index >= 15 is 0 Å². The van der Waals surface area contributed by atoms with Gasteiger partial charge in [-0.25, -0.2) is 0 Å². The Kier molecular flexibility index (Phi) is 2.82. The molecule has 3 aliphatic carbocycles. The summed E-state index contributed by atoms with van der Waals surface area (Å²) in [5, 5.41) is 11.1. The number of alkyl halides is 3. The molecule has 1 aromatic carbocycles. The van der Waals surface area contributed by atoms with Gasteiger partial charge in [-0.05, 0) is 50.6 Å². The number of nitrogens with zero attached hydrogens (tertiary/aromatic N) is 2. The lowest BCUT2D eigenvalue weighted by Gasteiger charge is -2.68. The molecule has 3 fully saturated rings. The highest BCUT2D eigenvalue weighted by Crippen LogP contribution is 2.67. The summed E-state index contributed by atoms with van der Waals surface area (Å²) >= 11 is 0. The second-order valence-electron chi connectivity index (χ2n) is 6.34. The zero-order valence-electron chi connectivity index (χ0n) is 12.3. The van der Waals surface area contributed by atoms with Crippen molar-refractivity contribution in [2.75, 3.05) is 7.05 Å². The molecule has 5 rings (SSSR count). The summed E-state index contributed by atoms with van der Waals surface area (Å²) in [7, 11) is 1.94. The van der Waals surface area contributed by atoms with E-state index in [0.29, 0.717) is 5.89 Å². The van der Waals surface area contributed by atoms with Crippen LogP contribution in [0.4, 0.5) is 13.2 Å². The average molecular weight is 325 g/mol. The lowest BCUT2D eigenvalue weighted by Crippen LogP contribution is -2.75. The van der Waals surface area contributed by atoms with Crippen molar-refractivity contribution < 1.29 is 22.3 Å². The molecule has 0 saturated heterocycles. The van der Waals surface area contributed by atoms with Gasteiger partial charge in [0.2, 0.25) is 5.89 Å². The largest absolute Gasteiger partial charge is 0.420 e. The summed E-state index contributed by atoms with van der Waals surface area (Å²) in [6, 6.07) is 4.35. The molecular weight excluding hydrogens is 311 g/mol. The first-order valence-electron chi connectivity index (χ1n) is 7.22. The Morgan fingerprint density at radius 1 is 1.13 bits per heavy atom. The van der Waals surface area contributed by atoms with E-state index in [-0.39, 0.29) is 22.8 Å². The number of hydrogen-bond acceptors (Lipinski definition) is 5. The van der Waals surface area contributed by atoms with Crippen molar-refractivity contribution in [2.24, 2.45) is 0 Å². The van der Waals surface area contributed by atoms with Crippen LogP contribution in [-0.4, -0.2) is 22.8 Å². The first kappa shape index (κ1) is 14.5. The predicted molar refractivity (Wildman–Crippen MR) is 73.1 cm³/mol. The molecule has 3 aliphatic rings. The van der Waals surface area contributed by atoms with Crippen LogP contribution in [0.25, 0.3) is 0 Å². The van der Waals surface area contributed by atoms with Crippen molar-refractivity contribution in [3.05, 3.63) is 35.7 Å². The summed E-state index contributed by atoms with van der Waals surface area (Å²) in [5.41, 5.74) is -0.581. The third kappa shape index (κ3) is 2.20. The van der Waals surface area contributed by atoms with Crippen LogP contribution in [0.3, 0.4) is 0 Å². The third-order valence-corrected chi connectivity index (χ3v) is 4.81. The van der Waals surface area contributed by atoms with Crippen LogP contribution in [-0.2, 0) is 11.6 Å². The zero-order chi connectivity index (χ0) is 16.3. The molecule has 23 heavy (non-hydrogen) atoms. The number of aromatic nitrogens is 2. The van der Waals surface area contributed by atoms with E-state index in [0.717, 1.165) is 31.4 Å². The van der Waals surface area contributed by atoms with Crippen LogP contribution >= 0.6 is 0 Å². The molecule has 0 amide bonds. The number of hydrogen-bond donors (Lipinski definition) is 1. The Balaban J connectivity index is 1.45. The van der Waals surface area contributed by atoms with Crippen molar-refractivity contribution in [3.63, 3.8) is 0 Å². The third-order valence-electron chi connectivity index (χ3n) is 4.81. The molecule has 1 aromatic heterocycles. The van der Waals surface area contributed by atoms with Gasteiger partial charge >= 0.3 is 12.3 Å². The maximum atomic E-state index is 12.5. The number of benzene rings is 1. The molecule has 8 heteroatoms. The summed E-state index contributed by atoms with van der Waals surface area (Å²) < 4.78 is 48.4. The Bertz CT molecular complexity index is 719. The normalized spacial score (nSPS) is 28.9. The maximum Gasteiger partial charge on any atom is 0.420 e. The minimum Gasteiger partial charge on any atom is -0.410 e. The van der Waals surface area contributed by atoms with Crippen LogP contribution in [0.15, 0.2) is 28.7 Å². The highest BCUT2D eigenvalue weighted by molar-refractivity contribution is 5.34. The molecule has 2 aromatic rings. The summed E-state index contributed by atoms with van der Waals surface area (Å²) in [6.45, 7) is 0. The maximum absolute atomic E-state index is 12.5. The van der Waals surface area contributed by atoms with Gasteiger partial charge in [-0.2, -0.15) is 13.2 Å². The number of rotatable bonds is 4. The second-order valence-corrected chi connectivity index (χ2v) is 6.34. The lowest BCUT2D eigenvalue weighted by molar-refractivity contribution is -0.137. The van der Waals surface area contributed by atoms with Crippen LogP contribution in [0.1, 0.15) is 30.7 Å². The molecule has 0 atom stereocenters. The minimum absolute atomic E-state index is 0.0528. The predicted octanol–water partition coefficient (Wildman–Crippen LogP) is 3.27. The van der Waals surface area contributed by atoms with Crippen molar-refractivity contribution >= 4 is 0 Å². The van der Waals surface area contributed by atoms with E-state index in [1.807, 2.05) is 7.05 Å². The van der Waals surface area contributed by atoms with E-state index in [9.17, 15) is 13.2 Å². The van der Waals surface area contributed by atoms with E-state index in [4.69, 9.17) is 9.15 Å². The van der Waals surface area contributed by atoms with E-state index in [1.54, 1.807) is 0 Å². The van der Waals surface area contributed by atoms with Gasteiger partial charge in [0, 0.05) is 5.54 Å². The number of halogens is 3. The standard InChI is InChI=1S/C15H14F3N3O2/c1-19-14-6-13(7-14,8-14)11-20-21-12(23-11)22-10-4-2-9(3-5-10)15(16,17)18/h2-5,19H,6-8H2,1H3. The van der Waals surface area contributed by atoms with E-state index in [2.05, 4.69) is 15.5 Å².